The van der Waals surface area contributed by atoms with E-state index in [1.165, 1.54) is 4.94 Å². The molecule has 0 saturated carbocycles. The predicted molar refractivity (Wildman–Crippen MR) is 33.3 cm³/mol. The van der Waals surface area contributed by atoms with Crippen LogP contribution in [0.2, 0.25) is 4.94 Å². The van der Waals surface area contributed by atoms with Crippen LogP contribution in [0, 0.1) is 0 Å². The molecular weight excluding hydrogens is 227 g/mol. The van der Waals surface area contributed by atoms with E-state index in [-0.39, 0.29) is 5.97 Å². The molecule has 0 aromatic carbocycles. The van der Waals surface area contributed by atoms with Crippen LogP contribution in [0.1, 0.15) is 19.8 Å². The molecule has 0 atom stereocenters. The summed E-state index contributed by atoms with van der Waals surface area (Å²) in [4.78, 5) is 12.0. The summed E-state index contributed by atoms with van der Waals surface area (Å²) >= 11 is -2.83. The van der Waals surface area contributed by atoms with Crippen LogP contribution in [-0.4, -0.2) is 26.1 Å². The van der Waals surface area contributed by atoms with Gasteiger partial charge in [0.15, 0.2) is 0 Å². The minimum atomic E-state index is -2.83. The van der Waals surface area contributed by atoms with Crippen molar-refractivity contribution < 1.29 is 10.9 Å². The van der Waals surface area contributed by atoms with Crippen LogP contribution >= 0.6 is 0 Å². The quantitative estimate of drug-likeness (QED) is 0.684. The Balaban J connectivity index is 3.39. The fourth-order valence-corrected chi connectivity index (χ4v) is 1.62. The van der Waals surface area contributed by atoms with Crippen molar-refractivity contribution in [1.29, 1.82) is 0 Å². The molecule has 0 heterocycles. The number of carbonyl (C=O) groups is 1. The van der Waals surface area contributed by atoms with Crippen LogP contribution in [0.25, 0.3) is 0 Å². The summed E-state index contributed by atoms with van der Waals surface area (Å²) in [6.07, 6.45) is 1.15. The van der Waals surface area contributed by atoms with Crippen molar-refractivity contribution in [3.05, 3.63) is 0 Å². The molecule has 4 heteroatoms. The molecule has 0 aromatic rings. The van der Waals surface area contributed by atoms with E-state index in [1.54, 1.807) is 0 Å². The molecule has 0 fully saturated rings. The molecule has 0 aliphatic rings. The number of carbonyl (C=O) groups excluding carboxylic acids is 1. The fraction of sp³-hybridized carbons (Fsp3) is 0.800. The van der Waals surface area contributed by atoms with Crippen LogP contribution in [0.3, 0.4) is 0 Å². The molecule has 0 amide bonds. The summed E-state index contributed by atoms with van der Waals surface area (Å²) in [5.41, 5.74) is 0. The zero-order valence-corrected chi connectivity index (χ0v) is 8.49. The van der Waals surface area contributed by atoms with E-state index in [9.17, 15) is 7.87 Å². The Kier molecular flexibility index (Phi) is 4.94. The first-order chi connectivity index (χ1) is 4.16. The summed E-state index contributed by atoms with van der Waals surface area (Å²) < 4.78 is 14.9. The summed E-state index contributed by atoms with van der Waals surface area (Å²) in [7, 11) is 0. The number of rotatable bonds is 3. The van der Waals surface area contributed by atoms with Gasteiger partial charge in [-0.05, 0) is 0 Å². The molecule has 0 rings (SSSR count). The molecule has 0 bridgehead atoms. The van der Waals surface area contributed by atoms with E-state index in [2.05, 4.69) is 3.07 Å². The van der Waals surface area contributed by atoms with Crippen LogP contribution in [0.5, 0.6) is 0 Å². The van der Waals surface area contributed by atoms with Crippen molar-refractivity contribution in [3.8, 4) is 0 Å². The molecular formula is C5H10O3Sn. The van der Waals surface area contributed by atoms with Gasteiger partial charge in [-0.3, -0.25) is 0 Å². The van der Waals surface area contributed by atoms with Crippen LogP contribution < -0.4 is 0 Å². The molecule has 0 aliphatic carbocycles. The second-order valence-corrected chi connectivity index (χ2v) is 5.10. The van der Waals surface area contributed by atoms with E-state index in [1.807, 2.05) is 6.92 Å². The van der Waals surface area contributed by atoms with Gasteiger partial charge >= 0.3 is 61.8 Å². The number of hydrogen-bond acceptors (Lipinski definition) is 3. The molecule has 0 N–H and O–H groups in total. The van der Waals surface area contributed by atoms with Gasteiger partial charge < -0.3 is 0 Å². The first kappa shape index (κ1) is 9.07. The first-order valence-corrected chi connectivity index (χ1v) is 8.06. The minimum absolute atomic E-state index is 0.315. The molecule has 0 aromatic heterocycles. The van der Waals surface area contributed by atoms with Crippen LogP contribution in [-0.2, 0) is 10.9 Å². The van der Waals surface area contributed by atoms with Crippen LogP contribution in [0.4, 0.5) is 0 Å². The fourth-order valence-electron chi connectivity index (χ4n) is 0.415. The van der Waals surface area contributed by atoms with E-state index < -0.39 is 20.2 Å². The average Bonchev–Trinajstić information content (AvgIpc) is 1.63. The van der Waals surface area contributed by atoms with Crippen molar-refractivity contribution in [2.75, 3.05) is 0 Å². The SMILES string of the molecule is CCCC(=O)[O][Sn]([CH3])=[O]. The van der Waals surface area contributed by atoms with Crippen molar-refractivity contribution in [2.24, 2.45) is 0 Å². The van der Waals surface area contributed by atoms with Gasteiger partial charge in [0, 0.05) is 0 Å². The van der Waals surface area contributed by atoms with Gasteiger partial charge in [0.05, 0.1) is 0 Å². The van der Waals surface area contributed by atoms with Crippen molar-refractivity contribution in [3.63, 3.8) is 0 Å². The van der Waals surface area contributed by atoms with Crippen LogP contribution in [0.15, 0.2) is 0 Å². The van der Waals surface area contributed by atoms with Gasteiger partial charge in [0.1, 0.15) is 0 Å². The molecule has 0 radical (unpaired) electrons. The second-order valence-electron chi connectivity index (χ2n) is 1.72. The number of hydrogen-bond donors (Lipinski definition) is 0. The molecule has 0 saturated heterocycles. The average molecular weight is 237 g/mol. The zero-order chi connectivity index (χ0) is 7.28. The first-order valence-electron chi connectivity index (χ1n) is 2.88. The third kappa shape index (κ3) is 5.95. The maximum atomic E-state index is 10.5. The topological polar surface area (TPSA) is 43.4 Å². The van der Waals surface area contributed by atoms with Gasteiger partial charge in [0.2, 0.25) is 0 Å². The predicted octanol–water partition coefficient (Wildman–Crippen LogP) is 0.878. The van der Waals surface area contributed by atoms with Gasteiger partial charge in [-0.2, -0.15) is 0 Å². The van der Waals surface area contributed by atoms with E-state index in [4.69, 9.17) is 0 Å². The van der Waals surface area contributed by atoms with E-state index >= 15 is 0 Å². The Labute approximate surface area is 62.1 Å². The zero-order valence-electron chi connectivity index (χ0n) is 5.64. The third-order valence-electron chi connectivity index (χ3n) is 0.712. The summed E-state index contributed by atoms with van der Waals surface area (Å²) in [6.45, 7) is 1.88. The second kappa shape index (κ2) is 4.90. The molecule has 52 valence electrons. The van der Waals surface area contributed by atoms with Gasteiger partial charge in [-0.25, -0.2) is 0 Å². The van der Waals surface area contributed by atoms with E-state index in [0.717, 1.165) is 6.42 Å². The summed E-state index contributed by atoms with van der Waals surface area (Å²) in [6, 6.07) is 0. The normalized spacial score (nSPS) is 8.67. The summed E-state index contributed by atoms with van der Waals surface area (Å²) in [5.74, 6) is -0.315. The molecule has 0 unspecified atom stereocenters. The maximum absolute atomic E-state index is 10.5. The Morgan fingerprint density at radius 2 is 2.22 bits per heavy atom. The van der Waals surface area contributed by atoms with Crippen molar-refractivity contribution >= 4 is 26.1 Å². The monoisotopic (exact) mass is 238 g/mol. The van der Waals surface area contributed by atoms with E-state index in [0.29, 0.717) is 6.42 Å². The Bertz CT molecular complexity index is 121. The molecule has 3 nitrogen and oxygen atoms in total. The molecule has 9 heavy (non-hydrogen) atoms. The third-order valence-corrected chi connectivity index (χ3v) is 2.18. The Morgan fingerprint density at radius 3 is 2.56 bits per heavy atom. The van der Waals surface area contributed by atoms with Gasteiger partial charge in [-0.1, -0.05) is 0 Å². The van der Waals surface area contributed by atoms with Crippen molar-refractivity contribution in [2.45, 2.75) is 24.7 Å². The Hall–Kier alpha value is 0.0687. The van der Waals surface area contributed by atoms with Crippen molar-refractivity contribution in [1.82, 2.24) is 0 Å². The van der Waals surface area contributed by atoms with Gasteiger partial charge in [0.25, 0.3) is 0 Å². The summed E-state index contributed by atoms with van der Waals surface area (Å²) in [5, 5.41) is 0. The molecule has 0 spiro atoms. The standard InChI is InChI=1S/C4H8O2.CH3.O.Sn/c1-2-3-4(5)6;;;/h2-3H2,1H3,(H,5,6);1H3;;/q;;;+1/p-1. The molecule has 0 aliphatic heterocycles. The Morgan fingerprint density at radius 1 is 1.67 bits per heavy atom. The van der Waals surface area contributed by atoms with Gasteiger partial charge in [-0.15, -0.1) is 0 Å².